The highest BCUT2D eigenvalue weighted by Gasteiger charge is 2.11. The largest absolute Gasteiger partial charge is 0.491 e. The number of ether oxygens (including phenoxy) is 2. The normalized spacial score (nSPS) is 9.80. The van der Waals surface area contributed by atoms with Gasteiger partial charge in [-0.15, -0.1) is 0 Å². The van der Waals surface area contributed by atoms with Gasteiger partial charge in [-0.3, -0.25) is 9.97 Å². The number of nitrogens with zero attached hydrogens (tertiary/aromatic N) is 7. The molecule has 0 aliphatic rings. The summed E-state index contributed by atoms with van der Waals surface area (Å²) in [4.78, 5) is 19.8. The van der Waals surface area contributed by atoms with Gasteiger partial charge >= 0.3 is 0 Å². The second-order valence-electron chi connectivity index (χ2n) is 6.63. The maximum Gasteiger partial charge on any atom is 0.224 e. The zero-order chi connectivity index (χ0) is 24.7. The van der Waals surface area contributed by atoms with Gasteiger partial charge in [-0.2, -0.15) is 9.97 Å². The first-order valence-corrected chi connectivity index (χ1v) is 10.8. The minimum Gasteiger partial charge on any atom is -0.491 e. The fourth-order valence-electron chi connectivity index (χ4n) is 2.67. The lowest BCUT2D eigenvalue weighted by atomic mass is 10.2. The molecule has 0 saturated carbocycles. The topological polar surface area (TPSA) is 135 Å². The summed E-state index contributed by atoms with van der Waals surface area (Å²) in [5.41, 5.74) is 2.74. The molecule has 0 N–H and O–H groups in total. The minimum absolute atomic E-state index is 0.488. The fraction of sp³-hybridized carbons (Fsp3) is 0.208. The Hall–Kier alpha value is -4.67. The Labute approximate surface area is 202 Å². The van der Waals surface area contributed by atoms with Gasteiger partial charge in [0.1, 0.15) is 5.75 Å². The van der Waals surface area contributed by atoms with E-state index < -0.39 is 0 Å². The van der Waals surface area contributed by atoms with Crippen molar-refractivity contribution in [3.05, 3.63) is 79.7 Å². The van der Waals surface area contributed by atoms with E-state index in [2.05, 4.69) is 44.3 Å². The standard InChI is InChI=1S/2C9H9N3O2.C6H7N/c1-2-13-8-5-10-4-3-7(8)9-11-6-14-12-9;1-2-13-9-7(4-3-5-10-9)8-11-6-14-12-8;1-6-3-2-4-7-5-6/h2*3-6H,2H2,1H3;2-5H,1H3. The molecule has 0 amide bonds. The van der Waals surface area contributed by atoms with E-state index in [1.807, 2.05) is 45.2 Å². The quantitative estimate of drug-likeness (QED) is 0.344. The number of hydrogen-bond donors (Lipinski definition) is 0. The zero-order valence-corrected chi connectivity index (χ0v) is 19.6. The van der Waals surface area contributed by atoms with Crippen molar-refractivity contribution in [1.82, 2.24) is 35.2 Å². The summed E-state index contributed by atoms with van der Waals surface area (Å²) in [6.07, 6.45) is 11.1. The van der Waals surface area contributed by atoms with Gasteiger partial charge in [0, 0.05) is 24.8 Å². The highest BCUT2D eigenvalue weighted by molar-refractivity contribution is 5.62. The van der Waals surface area contributed by atoms with Crippen LogP contribution in [0.4, 0.5) is 0 Å². The lowest BCUT2D eigenvalue weighted by molar-refractivity contribution is 0.328. The van der Waals surface area contributed by atoms with Gasteiger partial charge < -0.3 is 18.5 Å². The summed E-state index contributed by atoms with van der Waals surface area (Å²) < 4.78 is 20.0. The third-order valence-electron chi connectivity index (χ3n) is 4.15. The van der Waals surface area contributed by atoms with Crippen molar-refractivity contribution in [3.8, 4) is 34.4 Å². The molecule has 0 aliphatic heterocycles. The van der Waals surface area contributed by atoms with Crippen LogP contribution in [0.5, 0.6) is 11.6 Å². The van der Waals surface area contributed by atoms with Gasteiger partial charge in [0.2, 0.25) is 30.3 Å². The molecule has 11 nitrogen and oxygen atoms in total. The third kappa shape index (κ3) is 7.70. The summed E-state index contributed by atoms with van der Waals surface area (Å²) in [7, 11) is 0. The maximum absolute atomic E-state index is 5.38. The molecule has 11 heteroatoms. The van der Waals surface area contributed by atoms with Gasteiger partial charge in [-0.1, -0.05) is 16.4 Å². The Morgan fingerprint density at radius 3 is 1.97 bits per heavy atom. The summed E-state index contributed by atoms with van der Waals surface area (Å²) >= 11 is 0. The van der Waals surface area contributed by atoms with E-state index in [0.717, 1.165) is 11.1 Å². The van der Waals surface area contributed by atoms with Gasteiger partial charge in [0.15, 0.2) is 0 Å². The Morgan fingerprint density at radius 1 is 0.714 bits per heavy atom. The second kappa shape index (κ2) is 13.8. The molecule has 0 spiro atoms. The van der Waals surface area contributed by atoms with Gasteiger partial charge in [0.25, 0.3) is 0 Å². The molecule has 0 aliphatic carbocycles. The van der Waals surface area contributed by atoms with Crippen molar-refractivity contribution in [2.45, 2.75) is 20.8 Å². The minimum atomic E-state index is 0.488. The van der Waals surface area contributed by atoms with Crippen LogP contribution in [-0.4, -0.2) is 48.4 Å². The molecule has 5 heterocycles. The number of rotatable bonds is 6. The molecule has 0 bridgehead atoms. The number of aryl methyl sites for hydroxylation is 1. The van der Waals surface area contributed by atoms with E-state index in [0.29, 0.717) is 36.5 Å². The van der Waals surface area contributed by atoms with Crippen LogP contribution < -0.4 is 9.47 Å². The Balaban J connectivity index is 0.000000155. The van der Waals surface area contributed by atoms with Crippen molar-refractivity contribution >= 4 is 0 Å². The highest BCUT2D eigenvalue weighted by Crippen LogP contribution is 2.25. The van der Waals surface area contributed by atoms with Crippen LogP contribution in [0.1, 0.15) is 19.4 Å². The lowest BCUT2D eigenvalue weighted by Crippen LogP contribution is -1.96. The Morgan fingerprint density at radius 2 is 1.40 bits per heavy atom. The SMILES string of the molecule is CCOc1cnccc1-c1ncon1.CCOc1ncccc1-c1ncon1.Cc1cccnc1. The molecule has 0 fully saturated rings. The van der Waals surface area contributed by atoms with E-state index in [-0.39, 0.29) is 0 Å². The van der Waals surface area contributed by atoms with E-state index >= 15 is 0 Å². The van der Waals surface area contributed by atoms with E-state index in [1.165, 1.54) is 18.4 Å². The van der Waals surface area contributed by atoms with Crippen molar-refractivity contribution in [2.24, 2.45) is 0 Å². The highest BCUT2D eigenvalue weighted by atomic mass is 16.5. The number of hydrogen-bond acceptors (Lipinski definition) is 11. The average Bonchev–Trinajstić information content (AvgIpc) is 3.62. The first-order valence-electron chi connectivity index (χ1n) is 10.8. The first kappa shape index (κ1) is 25.0. The fourth-order valence-corrected chi connectivity index (χ4v) is 2.67. The monoisotopic (exact) mass is 475 g/mol. The maximum atomic E-state index is 5.38. The van der Waals surface area contributed by atoms with Crippen LogP contribution in [0.2, 0.25) is 0 Å². The predicted octanol–water partition coefficient (Wildman–Crippen LogP) is 4.45. The number of aromatic nitrogens is 7. The van der Waals surface area contributed by atoms with Crippen molar-refractivity contribution in [3.63, 3.8) is 0 Å². The summed E-state index contributed by atoms with van der Waals surface area (Å²) in [6.45, 7) is 6.97. The summed E-state index contributed by atoms with van der Waals surface area (Å²) in [5, 5.41) is 7.46. The van der Waals surface area contributed by atoms with Crippen LogP contribution in [0.15, 0.2) is 83.1 Å². The van der Waals surface area contributed by atoms with Crippen LogP contribution in [0.3, 0.4) is 0 Å². The smallest absolute Gasteiger partial charge is 0.224 e. The summed E-state index contributed by atoms with van der Waals surface area (Å²) in [6, 6.07) is 9.37. The predicted molar refractivity (Wildman–Crippen MR) is 126 cm³/mol. The molecule has 5 aromatic rings. The van der Waals surface area contributed by atoms with Crippen LogP contribution in [-0.2, 0) is 0 Å². The lowest BCUT2D eigenvalue weighted by Gasteiger charge is -2.05. The Bertz CT molecular complexity index is 1150. The van der Waals surface area contributed by atoms with E-state index in [9.17, 15) is 0 Å². The first-order chi connectivity index (χ1) is 17.2. The number of pyridine rings is 3. The van der Waals surface area contributed by atoms with Crippen molar-refractivity contribution < 1.29 is 18.5 Å². The molecule has 35 heavy (non-hydrogen) atoms. The molecule has 0 aromatic carbocycles. The third-order valence-corrected chi connectivity index (χ3v) is 4.15. The van der Waals surface area contributed by atoms with Crippen molar-refractivity contribution in [2.75, 3.05) is 13.2 Å². The second-order valence-corrected chi connectivity index (χ2v) is 6.63. The van der Waals surface area contributed by atoms with E-state index in [1.54, 1.807) is 36.9 Å². The molecule has 5 aromatic heterocycles. The van der Waals surface area contributed by atoms with Crippen LogP contribution >= 0.6 is 0 Å². The van der Waals surface area contributed by atoms with Gasteiger partial charge in [-0.25, -0.2) is 4.98 Å². The zero-order valence-electron chi connectivity index (χ0n) is 19.6. The molecular weight excluding hydrogens is 450 g/mol. The van der Waals surface area contributed by atoms with Gasteiger partial charge in [-0.05, 0) is 50.6 Å². The van der Waals surface area contributed by atoms with Gasteiger partial charge in [0.05, 0.1) is 30.5 Å². The van der Waals surface area contributed by atoms with Crippen LogP contribution in [0.25, 0.3) is 22.8 Å². The molecular formula is C24H25N7O4. The molecule has 0 unspecified atom stereocenters. The molecule has 5 rings (SSSR count). The Kier molecular flexibility index (Phi) is 9.83. The molecule has 0 atom stereocenters. The molecule has 0 saturated heterocycles. The van der Waals surface area contributed by atoms with E-state index in [4.69, 9.17) is 9.47 Å². The average molecular weight is 476 g/mol. The van der Waals surface area contributed by atoms with Crippen LogP contribution in [0, 0.1) is 6.92 Å². The summed E-state index contributed by atoms with van der Waals surface area (Å²) in [5.74, 6) is 2.19. The van der Waals surface area contributed by atoms with Crippen molar-refractivity contribution in [1.29, 1.82) is 0 Å². The molecule has 180 valence electrons. The molecule has 0 radical (unpaired) electrons.